The largest absolute Gasteiger partial charge is 0.425 e. The maximum atomic E-state index is 12.2. The van der Waals surface area contributed by atoms with Crippen molar-refractivity contribution in [1.82, 2.24) is 40.8 Å². The number of ketones is 1. The molecule has 0 atom stereocenters. The molecule has 0 saturated heterocycles. The van der Waals surface area contributed by atoms with Gasteiger partial charge in [0.25, 0.3) is 0 Å². The van der Waals surface area contributed by atoms with Crippen LogP contribution in [0.1, 0.15) is 71.8 Å². The molecular weight excluding hydrogens is 794 g/mol. The SMILES string of the molecule is Nc1nnc(CCCCc2nnc(N)o2)o1.O=C(Cc1ccccc1)Cc1nnc(CCCCc2nnc(NC(=O)Cc3ccccc3)o2)o1.O=C(Cl)Cc1ccccc1. The van der Waals surface area contributed by atoms with Crippen molar-refractivity contribution < 1.29 is 32.1 Å². The lowest BCUT2D eigenvalue weighted by Crippen LogP contribution is -2.14. The van der Waals surface area contributed by atoms with Crippen molar-refractivity contribution in [3.63, 3.8) is 0 Å². The Hall–Kier alpha value is -7.08. The lowest BCUT2D eigenvalue weighted by molar-refractivity contribution is -0.118. The van der Waals surface area contributed by atoms with E-state index in [-0.39, 0.29) is 47.8 Å². The molecule has 60 heavy (non-hydrogen) atoms. The average molecular weight is 838 g/mol. The number of Topliss-reactive ketones (excluding diaryl/α,β-unsaturated/α-hetero) is 1. The predicted octanol–water partition coefficient (Wildman–Crippen LogP) is 5.73. The normalized spacial score (nSPS) is 10.6. The van der Waals surface area contributed by atoms with E-state index in [0.717, 1.165) is 42.4 Å². The van der Waals surface area contributed by atoms with Crippen LogP contribution in [0.15, 0.2) is 109 Å². The molecule has 0 bridgehead atoms. The van der Waals surface area contributed by atoms with E-state index in [4.69, 9.17) is 40.7 Å². The quantitative estimate of drug-likeness (QED) is 0.0648. The van der Waals surface area contributed by atoms with Crippen LogP contribution in [0.3, 0.4) is 0 Å². The van der Waals surface area contributed by atoms with Crippen LogP contribution in [0.2, 0.25) is 0 Å². The van der Waals surface area contributed by atoms with Crippen molar-refractivity contribution in [3.05, 3.63) is 137 Å². The number of hydrogen-bond acceptors (Lipinski definition) is 17. The highest BCUT2D eigenvalue weighted by Gasteiger charge is 2.14. The summed E-state index contributed by atoms with van der Waals surface area (Å²) in [4.78, 5) is 34.7. The molecule has 7 rings (SSSR count). The summed E-state index contributed by atoms with van der Waals surface area (Å²) in [5, 5.41) is 32.8. The fourth-order valence-corrected chi connectivity index (χ4v) is 5.62. The number of carbonyl (C=O) groups is 3. The molecule has 18 nitrogen and oxygen atoms in total. The topological polar surface area (TPSA) is 271 Å². The molecule has 0 radical (unpaired) electrons. The molecule has 7 aromatic rings. The summed E-state index contributed by atoms with van der Waals surface area (Å²) in [6, 6.07) is 28.7. The Morgan fingerprint density at radius 2 is 0.867 bits per heavy atom. The van der Waals surface area contributed by atoms with E-state index in [1.165, 1.54) is 0 Å². The van der Waals surface area contributed by atoms with Gasteiger partial charge in [-0.05, 0) is 54.0 Å². The van der Waals surface area contributed by atoms with E-state index < -0.39 is 0 Å². The first-order chi connectivity index (χ1) is 29.2. The Morgan fingerprint density at radius 1 is 0.467 bits per heavy atom. The molecule has 5 N–H and O–H groups in total. The van der Waals surface area contributed by atoms with Crippen molar-refractivity contribution >= 4 is 46.6 Å². The molecule has 0 fully saturated rings. The molecule has 0 aliphatic rings. The van der Waals surface area contributed by atoms with Gasteiger partial charge in [0.1, 0.15) is 5.78 Å². The Bertz CT molecular complexity index is 2190. The number of unbranched alkanes of at least 4 members (excludes halogenated alkanes) is 2. The van der Waals surface area contributed by atoms with Crippen molar-refractivity contribution in [2.24, 2.45) is 0 Å². The second-order valence-electron chi connectivity index (χ2n) is 13.2. The highest BCUT2D eigenvalue weighted by molar-refractivity contribution is 6.63. The van der Waals surface area contributed by atoms with E-state index in [0.29, 0.717) is 68.0 Å². The number of amides is 1. The molecule has 0 saturated carbocycles. The molecule has 312 valence electrons. The van der Waals surface area contributed by atoms with Gasteiger partial charge in [0, 0.05) is 38.5 Å². The minimum Gasteiger partial charge on any atom is -0.425 e. The first-order valence-corrected chi connectivity index (χ1v) is 19.5. The van der Waals surface area contributed by atoms with Crippen molar-refractivity contribution in [2.75, 3.05) is 16.8 Å². The molecule has 0 aliphatic carbocycles. The van der Waals surface area contributed by atoms with Gasteiger partial charge >= 0.3 is 18.0 Å². The van der Waals surface area contributed by atoms with Crippen molar-refractivity contribution in [2.45, 2.75) is 77.0 Å². The first-order valence-electron chi connectivity index (χ1n) is 19.1. The number of aromatic nitrogens is 8. The molecular formula is C41H44ClN11O7. The molecule has 0 unspecified atom stereocenters. The average Bonchev–Trinajstić information content (AvgIpc) is 4.06. The number of nitrogens with two attached hydrogens (primary N) is 2. The number of nitrogens with zero attached hydrogens (tertiary/aromatic N) is 8. The zero-order chi connectivity index (χ0) is 42.4. The maximum Gasteiger partial charge on any atom is 0.322 e. The molecule has 4 heterocycles. The summed E-state index contributed by atoms with van der Waals surface area (Å²) in [5.41, 5.74) is 13.4. The van der Waals surface area contributed by atoms with Gasteiger partial charge in [0.05, 0.1) is 12.8 Å². The molecule has 3 aromatic carbocycles. The van der Waals surface area contributed by atoms with Gasteiger partial charge in [-0.15, -0.1) is 25.5 Å². The van der Waals surface area contributed by atoms with Crippen LogP contribution in [0.5, 0.6) is 0 Å². The number of carbonyl (C=O) groups excluding carboxylic acids is 3. The van der Waals surface area contributed by atoms with Gasteiger partial charge < -0.3 is 29.1 Å². The Morgan fingerprint density at radius 3 is 1.33 bits per heavy atom. The summed E-state index contributed by atoms with van der Waals surface area (Å²) < 4.78 is 21.1. The summed E-state index contributed by atoms with van der Waals surface area (Å²) in [5.74, 6) is 2.20. The van der Waals surface area contributed by atoms with Crippen molar-refractivity contribution in [1.29, 1.82) is 0 Å². The van der Waals surface area contributed by atoms with E-state index in [1.807, 2.05) is 91.0 Å². The number of nitrogens with one attached hydrogen (secondary N) is 1. The summed E-state index contributed by atoms with van der Waals surface area (Å²) in [7, 11) is 0. The monoisotopic (exact) mass is 837 g/mol. The summed E-state index contributed by atoms with van der Waals surface area (Å²) in [6.45, 7) is 0. The number of nitrogen functional groups attached to an aromatic ring is 2. The van der Waals surface area contributed by atoms with Gasteiger partial charge in [0.15, 0.2) is 0 Å². The fourth-order valence-electron chi connectivity index (χ4n) is 5.46. The lowest BCUT2D eigenvalue weighted by atomic mass is 10.1. The number of aryl methyl sites for hydroxylation is 4. The second-order valence-corrected chi connectivity index (χ2v) is 13.6. The van der Waals surface area contributed by atoms with Crippen molar-refractivity contribution in [3.8, 4) is 0 Å². The number of halogens is 1. The highest BCUT2D eigenvalue weighted by atomic mass is 35.5. The van der Waals surface area contributed by atoms with E-state index >= 15 is 0 Å². The van der Waals surface area contributed by atoms with Crippen LogP contribution >= 0.6 is 11.6 Å². The Labute approximate surface area is 349 Å². The molecule has 1 amide bonds. The van der Waals surface area contributed by atoms with Gasteiger partial charge in [-0.3, -0.25) is 19.7 Å². The third-order valence-electron chi connectivity index (χ3n) is 8.24. The number of anilines is 3. The van der Waals surface area contributed by atoms with Gasteiger partial charge in [-0.2, -0.15) is 0 Å². The highest BCUT2D eigenvalue weighted by Crippen LogP contribution is 2.13. The van der Waals surface area contributed by atoms with Crippen LogP contribution < -0.4 is 16.8 Å². The minimum atomic E-state index is -0.314. The third kappa shape index (κ3) is 16.8. The summed E-state index contributed by atoms with van der Waals surface area (Å²) in [6.07, 6.45) is 6.87. The smallest absolute Gasteiger partial charge is 0.322 e. The van der Waals surface area contributed by atoms with Crippen LogP contribution in [0, 0.1) is 0 Å². The van der Waals surface area contributed by atoms with Gasteiger partial charge in [-0.1, -0.05) is 106 Å². The van der Waals surface area contributed by atoms with E-state index in [1.54, 1.807) is 0 Å². The van der Waals surface area contributed by atoms with Crippen LogP contribution in [-0.2, 0) is 65.8 Å². The lowest BCUT2D eigenvalue weighted by Gasteiger charge is -2.00. The molecule has 0 aliphatic heterocycles. The van der Waals surface area contributed by atoms with Gasteiger partial charge in [-0.25, -0.2) is 0 Å². The fraction of sp³-hybridized carbons (Fsp3) is 0.293. The second kappa shape index (κ2) is 24.0. The van der Waals surface area contributed by atoms with Crippen LogP contribution in [0.4, 0.5) is 18.0 Å². The Balaban J connectivity index is 0.000000214. The Kier molecular flexibility index (Phi) is 17.6. The minimum absolute atomic E-state index is 0.0319. The number of hydrogen-bond donors (Lipinski definition) is 3. The predicted molar refractivity (Wildman–Crippen MR) is 218 cm³/mol. The van der Waals surface area contributed by atoms with Gasteiger partial charge in [0.2, 0.25) is 40.6 Å². The molecule has 4 aromatic heterocycles. The zero-order valence-corrected chi connectivity index (χ0v) is 33.4. The standard InChI is InChI=1S/C25H25N5O4.C8H7ClO.C8H12N6O2/c31-20(15-18-9-3-1-4-10-18)17-24-29-27-22(33-24)13-7-8-14-23-28-30-25(34-23)26-21(32)16-19-11-5-2-6-12-19;9-8(10)6-7-4-2-1-3-5-7;9-7-13-11-5(15-7)3-1-2-4-6-12-14-8(10)16-6/h1-6,9-12H,7-8,13-17H2,(H,26,30,32);1-5H,6H2;1-4H2,(H2,9,13)(H2,10,14). The van der Waals surface area contributed by atoms with Crippen LogP contribution in [-0.4, -0.2) is 57.7 Å². The van der Waals surface area contributed by atoms with E-state index in [2.05, 4.69) is 46.1 Å². The number of rotatable bonds is 19. The zero-order valence-electron chi connectivity index (χ0n) is 32.6. The molecule has 19 heteroatoms. The van der Waals surface area contributed by atoms with Crippen LogP contribution in [0.25, 0.3) is 0 Å². The first kappa shape index (κ1) is 44.0. The van der Waals surface area contributed by atoms with E-state index in [9.17, 15) is 14.4 Å². The molecule has 0 spiro atoms. The third-order valence-corrected chi connectivity index (χ3v) is 8.37. The number of benzene rings is 3. The maximum absolute atomic E-state index is 12.2. The summed E-state index contributed by atoms with van der Waals surface area (Å²) >= 11 is 5.17.